The van der Waals surface area contributed by atoms with Gasteiger partial charge in [0.15, 0.2) is 5.11 Å². The SMILES string of the molecule is Cc1cc([C@@H]2[C@@H](c3ccccn3)NC(=S)N2C[C@H]2CCCO2)c(C)n1-c1ccccc1Br. The molecule has 1 N–H and O–H groups in total. The van der Waals surface area contributed by atoms with Crippen LogP contribution in [0.1, 0.15) is 47.6 Å². The Hall–Kier alpha value is -2.22. The first-order chi connectivity index (χ1) is 15.5. The Labute approximate surface area is 202 Å². The van der Waals surface area contributed by atoms with Crippen molar-refractivity contribution in [1.29, 1.82) is 0 Å². The van der Waals surface area contributed by atoms with Gasteiger partial charge in [-0.1, -0.05) is 18.2 Å². The van der Waals surface area contributed by atoms with Crippen LogP contribution in [-0.2, 0) is 4.74 Å². The highest BCUT2D eigenvalue weighted by Gasteiger charge is 2.42. The number of rotatable bonds is 5. The number of nitrogens with zero attached hydrogens (tertiary/aromatic N) is 3. The number of halogens is 1. The highest BCUT2D eigenvalue weighted by Crippen LogP contribution is 2.42. The van der Waals surface area contributed by atoms with Crippen molar-refractivity contribution >= 4 is 33.3 Å². The lowest BCUT2D eigenvalue weighted by atomic mass is 9.96. The average Bonchev–Trinajstić information content (AvgIpc) is 3.49. The van der Waals surface area contributed by atoms with Gasteiger partial charge in [0.25, 0.3) is 0 Å². The lowest BCUT2D eigenvalue weighted by molar-refractivity contribution is 0.0842. The number of para-hydroxylation sites is 1. The fourth-order valence-corrected chi connectivity index (χ4v) is 5.82. The van der Waals surface area contributed by atoms with E-state index in [0.29, 0.717) is 0 Å². The van der Waals surface area contributed by atoms with Gasteiger partial charge in [0.1, 0.15) is 0 Å². The van der Waals surface area contributed by atoms with Crippen LogP contribution in [-0.4, -0.2) is 38.8 Å². The van der Waals surface area contributed by atoms with Crippen LogP contribution < -0.4 is 5.32 Å². The van der Waals surface area contributed by atoms with Crippen LogP contribution >= 0.6 is 28.1 Å². The number of hydrogen-bond acceptors (Lipinski definition) is 3. The molecule has 0 spiro atoms. The Morgan fingerprint density at radius 1 is 1.19 bits per heavy atom. The third-order valence-electron chi connectivity index (χ3n) is 6.50. The van der Waals surface area contributed by atoms with Crippen molar-refractivity contribution in [1.82, 2.24) is 19.8 Å². The second-order valence-electron chi connectivity index (χ2n) is 8.53. The lowest BCUT2D eigenvalue weighted by Gasteiger charge is -2.30. The monoisotopic (exact) mass is 510 g/mol. The van der Waals surface area contributed by atoms with E-state index in [9.17, 15) is 0 Å². The summed E-state index contributed by atoms with van der Waals surface area (Å²) in [5.74, 6) is 0. The Kier molecular flexibility index (Phi) is 6.05. The first kappa shape index (κ1) is 21.6. The number of hydrogen-bond donors (Lipinski definition) is 1. The number of aryl methyl sites for hydroxylation is 1. The average molecular weight is 511 g/mol. The molecule has 1 aromatic carbocycles. The Morgan fingerprint density at radius 3 is 2.72 bits per heavy atom. The van der Waals surface area contributed by atoms with E-state index >= 15 is 0 Å². The van der Waals surface area contributed by atoms with E-state index in [2.05, 4.69) is 79.9 Å². The van der Waals surface area contributed by atoms with Gasteiger partial charge in [-0.15, -0.1) is 0 Å². The smallest absolute Gasteiger partial charge is 0.170 e. The van der Waals surface area contributed by atoms with Gasteiger partial charge in [-0.3, -0.25) is 4.98 Å². The van der Waals surface area contributed by atoms with E-state index in [1.807, 2.05) is 24.4 Å². The minimum Gasteiger partial charge on any atom is -0.376 e. The predicted molar refractivity (Wildman–Crippen MR) is 134 cm³/mol. The fraction of sp³-hybridized carbons (Fsp3) is 0.360. The van der Waals surface area contributed by atoms with Crippen molar-refractivity contribution in [2.45, 2.75) is 44.9 Å². The van der Waals surface area contributed by atoms with Gasteiger partial charge in [-0.05, 0) is 90.7 Å². The van der Waals surface area contributed by atoms with Crippen molar-refractivity contribution in [2.75, 3.05) is 13.2 Å². The number of nitrogens with one attached hydrogen (secondary N) is 1. The number of pyridine rings is 1. The summed E-state index contributed by atoms with van der Waals surface area (Å²) >= 11 is 9.58. The fourth-order valence-electron chi connectivity index (χ4n) is 5.04. The Morgan fingerprint density at radius 2 is 2.00 bits per heavy atom. The standard InChI is InChI=1S/C25H27BrN4OS/c1-16-14-19(17(2)30(16)22-11-4-3-9-20(22)26)24-23(21-10-5-6-12-27-21)28-25(32)29(24)15-18-8-7-13-31-18/h3-6,9-12,14,18,23-24H,7-8,13,15H2,1-2H3,(H,28,32)/t18-,23-,24-/m1/s1. The zero-order chi connectivity index (χ0) is 22.2. The molecule has 0 aliphatic carbocycles. The van der Waals surface area contributed by atoms with Crippen LogP contribution in [0, 0.1) is 13.8 Å². The van der Waals surface area contributed by atoms with Crippen LogP contribution in [0.2, 0.25) is 0 Å². The van der Waals surface area contributed by atoms with E-state index in [1.165, 1.54) is 17.0 Å². The van der Waals surface area contributed by atoms with Gasteiger partial charge < -0.3 is 19.5 Å². The first-order valence-electron chi connectivity index (χ1n) is 11.1. The Bertz CT molecular complexity index is 1130. The molecule has 3 atom stereocenters. The molecule has 2 saturated heterocycles. The van der Waals surface area contributed by atoms with E-state index < -0.39 is 0 Å². The summed E-state index contributed by atoms with van der Waals surface area (Å²) in [5.41, 5.74) is 5.81. The molecule has 2 aliphatic heterocycles. The molecule has 32 heavy (non-hydrogen) atoms. The summed E-state index contributed by atoms with van der Waals surface area (Å²) < 4.78 is 9.37. The van der Waals surface area contributed by atoms with Gasteiger partial charge >= 0.3 is 0 Å². The summed E-state index contributed by atoms with van der Waals surface area (Å²) in [4.78, 5) is 6.99. The molecule has 2 aliphatic rings. The molecular weight excluding hydrogens is 484 g/mol. The largest absolute Gasteiger partial charge is 0.376 e. The molecule has 2 aromatic heterocycles. The zero-order valence-corrected chi connectivity index (χ0v) is 20.7. The van der Waals surface area contributed by atoms with Crippen molar-refractivity contribution in [3.05, 3.63) is 81.8 Å². The van der Waals surface area contributed by atoms with E-state index in [4.69, 9.17) is 17.0 Å². The van der Waals surface area contributed by atoms with Crippen LogP contribution in [0.5, 0.6) is 0 Å². The van der Waals surface area contributed by atoms with E-state index in [-0.39, 0.29) is 18.2 Å². The summed E-state index contributed by atoms with van der Waals surface area (Å²) in [6.45, 7) is 5.99. The van der Waals surface area contributed by atoms with Crippen molar-refractivity contribution in [2.24, 2.45) is 0 Å². The van der Waals surface area contributed by atoms with Crippen molar-refractivity contribution in [3.63, 3.8) is 0 Å². The molecule has 5 nitrogen and oxygen atoms in total. The van der Waals surface area contributed by atoms with E-state index in [1.54, 1.807) is 0 Å². The van der Waals surface area contributed by atoms with Gasteiger partial charge in [0.05, 0.1) is 29.6 Å². The van der Waals surface area contributed by atoms with Gasteiger partial charge in [-0.25, -0.2) is 0 Å². The predicted octanol–water partition coefficient (Wildman–Crippen LogP) is 5.40. The van der Waals surface area contributed by atoms with Crippen molar-refractivity contribution in [3.8, 4) is 5.69 Å². The molecule has 0 radical (unpaired) electrons. The summed E-state index contributed by atoms with van der Waals surface area (Å²) in [7, 11) is 0. The molecular formula is C25H27BrN4OS. The first-order valence-corrected chi connectivity index (χ1v) is 12.3. The van der Waals surface area contributed by atoms with Crippen LogP contribution in [0.15, 0.2) is 59.2 Å². The normalized spacial score (nSPS) is 23.0. The third kappa shape index (κ3) is 3.87. The topological polar surface area (TPSA) is 42.3 Å². The summed E-state index contributed by atoms with van der Waals surface area (Å²) in [6.07, 6.45) is 4.26. The van der Waals surface area contributed by atoms with E-state index in [0.717, 1.165) is 47.0 Å². The minimum absolute atomic E-state index is 0.0155. The van der Waals surface area contributed by atoms with Gasteiger partial charge in [-0.2, -0.15) is 0 Å². The minimum atomic E-state index is -0.0155. The molecule has 2 fully saturated rings. The Balaban J connectivity index is 1.60. The molecule has 5 rings (SSSR count). The number of benzene rings is 1. The quantitative estimate of drug-likeness (QED) is 0.465. The number of thiocarbonyl (C=S) groups is 1. The van der Waals surface area contributed by atoms with Crippen LogP contribution in [0.4, 0.5) is 0 Å². The molecule has 4 heterocycles. The van der Waals surface area contributed by atoms with Gasteiger partial charge in [0.2, 0.25) is 0 Å². The van der Waals surface area contributed by atoms with Crippen LogP contribution in [0.25, 0.3) is 5.69 Å². The maximum absolute atomic E-state index is 5.98. The molecule has 0 bridgehead atoms. The summed E-state index contributed by atoms with van der Waals surface area (Å²) in [6, 6.07) is 16.7. The van der Waals surface area contributed by atoms with Crippen LogP contribution in [0.3, 0.4) is 0 Å². The number of aromatic nitrogens is 2. The molecule has 7 heteroatoms. The molecule has 0 amide bonds. The molecule has 166 valence electrons. The maximum Gasteiger partial charge on any atom is 0.170 e. The molecule has 0 unspecified atom stereocenters. The van der Waals surface area contributed by atoms with Gasteiger partial charge in [0, 0.05) is 35.2 Å². The lowest BCUT2D eigenvalue weighted by Crippen LogP contribution is -2.36. The molecule has 3 aromatic rings. The third-order valence-corrected chi connectivity index (χ3v) is 7.53. The molecule has 0 saturated carbocycles. The zero-order valence-electron chi connectivity index (χ0n) is 18.3. The second-order valence-corrected chi connectivity index (χ2v) is 9.77. The summed E-state index contributed by atoms with van der Waals surface area (Å²) in [5, 5.41) is 4.34. The number of ether oxygens (including phenoxy) is 1. The second kappa shape index (κ2) is 8.96. The maximum atomic E-state index is 5.98. The highest BCUT2D eigenvalue weighted by molar-refractivity contribution is 9.10. The highest BCUT2D eigenvalue weighted by atomic mass is 79.9. The van der Waals surface area contributed by atoms with Crippen molar-refractivity contribution < 1.29 is 4.74 Å².